The first kappa shape index (κ1) is 12.3. The quantitative estimate of drug-likeness (QED) is 0.823. The number of hydrogen-bond acceptors (Lipinski definition) is 7. The maximum atomic E-state index is 5.28. The number of anilines is 1. The van der Waals surface area contributed by atoms with Crippen molar-refractivity contribution in [1.29, 1.82) is 0 Å². The highest BCUT2D eigenvalue weighted by atomic mass is 16.5. The summed E-state index contributed by atoms with van der Waals surface area (Å²) in [6, 6.07) is 1.72. The van der Waals surface area contributed by atoms with Gasteiger partial charge in [0.25, 0.3) is 0 Å². The lowest BCUT2D eigenvalue weighted by atomic mass is 10.4. The minimum atomic E-state index is 0.525. The summed E-state index contributed by atoms with van der Waals surface area (Å²) in [6.07, 6.45) is 2.28. The first-order valence-electron chi connectivity index (χ1n) is 5.77. The molecule has 0 aliphatic rings. The van der Waals surface area contributed by atoms with Gasteiger partial charge in [-0.25, -0.2) is 4.98 Å². The Morgan fingerprint density at radius 2 is 2.28 bits per heavy atom. The Morgan fingerprint density at radius 1 is 1.39 bits per heavy atom. The van der Waals surface area contributed by atoms with Crippen LogP contribution in [0.2, 0.25) is 0 Å². The molecule has 7 nitrogen and oxygen atoms in total. The smallest absolute Gasteiger partial charge is 0.228 e. The standard InChI is InChI=1S/C11H15N5O2/c1-3-17-9-4-6-12-11(15-9)13-7-5-10-14-8(2)16-18-10/h4,6H,3,5,7H2,1-2H3,(H,12,13,15). The second kappa shape index (κ2) is 5.95. The monoisotopic (exact) mass is 249 g/mol. The van der Waals surface area contributed by atoms with Gasteiger partial charge in [0.1, 0.15) is 0 Å². The van der Waals surface area contributed by atoms with E-state index in [-0.39, 0.29) is 0 Å². The molecular weight excluding hydrogens is 234 g/mol. The van der Waals surface area contributed by atoms with Gasteiger partial charge in [-0.15, -0.1) is 0 Å². The van der Waals surface area contributed by atoms with Gasteiger partial charge in [-0.1, -0.05) is 5.16 Å². The molecule has 1 N–H and O–H groups in total. The van der Waals surface area contributed by atoms with E-state index in [1.807, 2.05) is 6.92 Å². The normalized spacial score (nSPS) is 10.3. The van der Waals surface area contributed by atoms with Crippen molar-refractivity contribution in [1.82, 2.24) is 20.1 Å². The van der Waals surface area contributed by atoms with Crippen molar-refractivity contribution in [2.24, 2.45) is 0 Å². The van der Waals surface area contributed by atoms with Crippen LogP contribution in [-0.4, -0.2) is 33.3 Å². The van der Waals surface area contributed by atoms with Gasteiger partial charge in [0.15, 0.2) is 5.82 Å². The molecule has 0 atom stereocenters. The Labute approximate surface area is 105 Å². The number of aryl methyl sites for hydroxylation is 1. The van der Waals surface area contributed by atoms with Crippen molar-refractivity contribution in [2.45, 2.75) is 20.3 Å². The topological polar surface area (TPSA) is 86.0 Å². The van der Waals surface area contributed by atoms with Gasteiger partial charge in [-0.05, 0) is 13.8 Å². The molecule has 0 bridgehead atoms. The van der Waals surface area contributed by atoms with Crippen molar-refractivity contribution in [3.63, 3.8) is 0 Å². The van der Waals surface area contributed by atoms with E-state index < -0.39 is 0 Å². The van der Waals surface area contributed by atoms with Gasteiger partial charge in [-0.2, -0.15) is 9.97 Å². The molecule has 2 heterocycles. The Hall–Kier alpha value is -2.18. The molecule has 96 valence electrons. The molecular formula is C11H15N5O2. The van der Waals surface area contributed by atoms with Crippen molar-refractivity contribution in [3.05, 3.63) is 24.0 Å². The van der Waals surface area contributed by atoms with Gasteiger partial charge < -0.3 is 14.6 Å². The van der Waals surface area contributed by atoms with Gasteiger partial charge >= 0.3 is 0 Å². The van der Waals surface area contributed by atoms with Crippen molar-refractivity contribution < 1.29 is 9.26 Å². The minimum absolute atomic E-state index is 0.525. The van der Waals surface area contributed by atoms with E-state index >= 15 is 0 Å². The van der Waals surface area contributed by atoms with E-state index in [1.165, 1.54) is 0 Å². The zero-order valence-corrected chi connectivity index (χ0v) is 10.4. The number of aromatic nitrogens is 4. The third-order valence-electron chi connectivity index (χ3n) is 2.11. The zero-order valence-electron chi connectivity index (χ0n) is 10.4. The molecule has 7 heteroatoms. The lowest BCUT2D eigenvalue weighted by Crippen LogP contribution is -2.08. The van der Waals surface area contributed by atoms with Crippen molar-refractivity contribution >= 4 is 5.95 Å². The summed E-state index contributed by atoms with van der Waals surface area (Å²) in [4.78, 5) is 12.4. The fourth-order valence-corrected chi connectivity index (χ4v) is 1.38. The van der Waals surface area contributed by atoms with E-state index in [9.17, 15) is 0 Å². The predicted molar refractivity (Wildman–Crippen MR) is 64.4 cm³/mol. The molecule has 2 aromatic rings. The van der Waals surface area contributed by atoms with Crippen LogP contribution in [0.5, 0.6) is 5.88 Å². The maximum absolute atomic E-state index is 5.28. The molecule has 18 heavy (non-hydrogen) atoms. The first-order valence-corrected chi connectivity index (χ1v) is 5.77. The van der Waals surface area contributed by atoms with Crippen LogP contribution in [-0.2, 0) is 6.42 Å². The summed E-state index contributed by atoms with van der Waals surface area (Å²) < 4.78 is 10.3. The predicted octanol–water partition coefficient (Wildman–Crippen LogP) is 1.22. The van der Waals surface area contributed by atoms with E-state index in [0.29, 0.717) is 43.1 Å². The third-order valence-corrected chi connectivity index (χ3v) is 2.11. The minimum Gasteiger partial charge on any atom is -0.478 e. The third kappa shape index (κ3) is 3.41. The van der Waals surface area contributed by atoms with Crippen LogP contribution in [0.3, 0.4) is 0 Å². The maximum Gasteiger partial charge on any atom is 0.228 e. The molecule has 0 aromatic carbocycles. The van der Waals surface area contributed by atoms with E-state index in [1.54, 1.807) is 19.2 Å². The molecule has 2 aromatic heterocycles. The zero-order chi connectivity index (χ0) is 12.8. The summed E-state index contributed by atoms with van der Waals surface area (Å²) in [6.45, 7) is 4.90. The van der Waals surface area contributed by atoms with E-state index in [4.69, 9.17) is 9.26 Å². The molecule has 2 rings (SSSR count). The summed E-state index contributed by atoms with van der Waals surface area (Å²) in [5.41, 5.74) is 0. The average Bonchev–Trinajstić information content (AvgIpc) is 2.76. The Morgan fingerprint density at radius 3 is 3.00 bits per heavy atom. The van der Waals surface area contributed by atoms with E-state index in [2.05, 4.69) is 25.4 Å². The molecule has 0 amide bonds. The second-order valence-electron chi connectivity index (χ2n) is 3.56. The second-order valence-corrected chi connectivity index (χ2v) is 3.56. The lowest BCUT2D eigenvalue weighted by Gasteiger charge is -2.05. The molecule has 0 unspecified atom stereocenters. The number of rotatable bonds is 6. The van der Waals surface area contributed by atoms with Gasteiger partial charge in [0, 0.05) is 25.2 Å². The summed E-state index contributed by atoms with van der Waals surface area (Å²) in [5, 5.41) is 6.79. The van der Waals surface area contributed by atoms with Crippen LogP contribution >= 0.6 is 0 Å². The fraction of sp³-hybridized carbons (Fsp3) is 0.455. The Balaban J connectivity index is 1.84. The Bertz CT molecular complexity index is 500. The summed E-state index contributed by atoms with van der Waals surface area (Å²) >= 11 is 0. The molecule has 0 saturated carbocycles. The number of ether oxygens (including phenoxy) is 1. The summed E-state index contributed by atoms with van der Waals surface area (Å²) in [7, 11) is 0. The van der Waals surface area contributed by atoms with Crippen LogP contribution < -0.4 is 10.1 Å². The van der Waals surface area contributed by atoms with Crippen molar-refractivity contribution in [3.8, 4) is 5.88 Å². The summed E-state index contributed by atoms with van der Waals surface area (Å²) in [5.74, 6) is 2.32. The van der Waals surface area contributed by atoms with Crippen LogP contribution in [0.4, 0.5) is 5.95 Å². The molecule has 0 spiro atoms. The van der Waals surface area contributed by atoms with E-state index in [0.717, 1.165) is 0 Å². The number of hydrogen-bond donors (Lipinski definition) is 1. The molecule has 0 aliphatic carbocycles. The van der Waals surface area contributed by atoms with Gasteiger partial charge in [-0.3, -0.25) is 0 Å². The fourth-order valence-electron chi connectivity index (χ4n) is 1.38. The highest BCUT2D eigenvalue weighted by molar-refractivity contribution is 5.27. The highest BCUT2D eigenvalue weighted by Crippen LogP contribution is 2.08. The highest BCUT2D eigenvalue weighted by Gasteiger charge is 2.03. The molecule has 0 aliphatic heterocycles. The van der Waals surface area contributed by atoms with Crippen LogP contribution in [0.1, 0.15) is 18.6 Å². The molecule has 0 saturated heterocycles. The van der Waals surface area contributed by atoms with Crippen molar-refractivity contribution in [2.75, 3.05) is 18.5 Å². The van der Waals surface area contributed by atoms with Crippen LogP contribution in [0.15, 0.2) is 16.8 Å². The number of nitrogens with zero attached hydrogens (tertiary/aromatic N) is 4. The molecule has 0 radical (unpaired) electrons. The van der Waals surface area contributed by atoms with Crippen LogP contribution in [0.25, 0.3) is 0 Å². The van der Waals surface area contributed by atoms with Gasteiger partial charge in [0.05, 0.1) is 6.61 Å². The number of nitrogens with one attached hydrogen (secondary N) is 1. The molecule has 0 fully saturated rings. The Kier molecular flexibility index (Phi) is 4.06. The lowest BCUT2D eigenvalue weighted by molar-refractivity contribution is 0.326. The largest absolute Gasteiger partial charge is 0.478 e. The SMILES string of the molecule is CCOc1ccnc(NCCc2nc(C)no2)n1. The average molecular weight is 249 g/mol. The van der Waals surface area contributed by atoms with Gasteiger partial charge in [0.2, 0.25) is 17.7 Å². The van der Waals surface area contributed by atoms with Crippen LogP contribution in [0, 0.1) is 6.92 Å². The first-order chi connectivity index (χ1) is 8.78.